The zero-order valence-electron chi connectivity index (χ0n) is 16.9. The summed E-state index contributed by atoms with van der Waals surface area (Å²) in [5.41, 5.74) is 0.917. The molecule has 0 bridgehead atoms. The average Bonchev–Trinajstić information content (AvgIpc) is 3.17. The molecule has 29 heavy (non-hydrogen) atoms. The maximum Gasteiger partial charge on any atom is 0.329 e. The van der Waals surface area contributed by atoms with Crippen LogP contribution in [0.2, 0.25) is 0 Å². The van der Waals surface area contributed by atoms with E-state index in [4.69, 9.17) is 4.74 Å². The minimum atomic E-state index is -0.925. The molecule has 2 N–H and O–H groups in total. The molecule has 2 aliphatic rings. The minimum absolute atomic E-state index is 0.125. The number of hydrogen-bond acceptors (Lipinski definition) is 5. The van der Waals surface area contributed by atoms with E-state index in [1.54, 1.807) is 4.90 Å². The van der Waals surface area contributed by atoms with Gasteiger partial charge in [-0.05, 0) is 24.8 Å². The molecule has 7 nitrogen and oxygen atoms in total. The number of aliphatic hydroxyl groups excluding tert-OH is 1. The molecule has 0 saturated carbocycles. The second kappa shape index (κ2) is 9.87. The van der Waals surface area contributed by atoms with E-state index < -0.39 is 30.3 Å². The van der Waals surface area contributed by atoms with Crippen molar-refractivity contribution in [2.24, 2.45) is 0 Å². The molecule has 1 aromatic rings. The van der Waals surface area contributed by atoms with Crippen LogP contribution in [0, 0.1) is 0 Å². The number of rotatable bonds is 4. The van der Waals surface area contributed by atoms with Gasteiger partial charge in [0.15, 0.2) is 0 Å². The fraction of sp³-hybridized carbons (Fsp3) is 0.591. The van der Waals surface area contributed by atoms with Crippen LogP contribution in [0.25, 0.3) is 0 Å². The summed E-state index contributed by atoms with van der Waals surface area (Å²) in [4.78, 5) is 40.1. The van der Waals surface area contributed by atoms with Crippen LogP contribution >= 0.6 is 0 Å². The second-order valence-electron chi connectivity index (χ2n) is 7.94. The number of nitrogens with zero attached hydrogens (tertiary/aromatic N) is 1. The van der Waals surface area contributed by atoms with Crippen LogP contribution in [0.15, 0.2) is 30.3 Å². The van der Waals surface area contributed by atoms with Gasteiger partial charge in [-0.25, -0.2) is 4.79 Å². The van der Waals surface area contributed by atoms with Gasteiger partial charge in [-0.3, -0.25) is 9.59 Å². The molecule has 1 aromatic carbocycles. The summed E-state index contributed by atoms with van der Waals surface area (Å²) in [6.07, 6.45) is 1.73. The van der Waals surface area contributed by atoms with Crippen molar-refractivity contribution in [3.8, 4) is 0 Å². The van der Waals surface area contributed by atoms with Crippen LogP contribution < -0.4 is 5.32 Å². The Kier molecular flexibility index (Phi) is 7.25. The van der Waals surface area contributed by atoms with Crippen molar-refractivity contribution in [3.63, 3.8) is 0 Å². The Labute approximate surface area is 171 Å². The lowest BCUT2D eigenvalue weighted by Gasteiger charge is -2.31. The molecule has 2 aliphatic heterocycles. The number of cyclic esters (lactones) is 1. The van der Waals surface area contributed by atoms with Gasteiger partial charge in [0.2, 0.25) is 11.8 Å². The van der Waals surface area contributed by atoms with Crippen molar-refractivity contribution in [1.29, 1.82) is 0 Å². The highest BCUT2D eigenvalue weighted by atomic mass is 16.5. The topological polar surface area (TPSA) is 95.9 Å². The molecule has 158 valence electrons. The smallest absolute Gasteiger partial charge is 0.329 e. The summed E-state index contributed by atoms with van der Waals surface area (Å²) >= 11 is 0. The zero-order valence-corrected chi connectivity index (χ0v) is 16.9. The Morgan fingerprint density at radius 3 is 2.69 bits per heavy atom. The summed E-state index contributed by atoms with van der Waals surface area (Å²) in [6.45, 7) is 2.45. The number of nitrogens with one attached hydrogen (secondary N) is 1. The van der Waals surface area contributed by atoms with Gasteiger partial charge in [0.25, 0.3) is 0 Å². The Balaban J connectivity index is 1.85. The molecule has 0 aromatic heterocycles. The Morgan fingerprint density at radius 1 is 1.21 bits per heavy atom. The van der Waals surface area contributed by atoms with Gasteiger partial charge in [-0.2, -0.15) is 0 Å². The highest BCUT2D eigenvalue weighted by Gasteiger charge is 2.40. The first kappa shape index (κ1) is 21.3. The van der Waals surface area contributed by atoms with Gasteiger partial charge in [-0.1, -0.05) is 43.7 Å². The van der Waals surface area contributed by atoms with Crippen molar-refractivity contribution >= 4 is 17.8 Å². The van der Waals surface area contributed by atoms with Crippen molar-refractivity contribution in [1.82, 2.24) is 10.2 Å². The first-order valence-electron chi connectivity index (χ1n) is 10.5. The van der Waals surface area contributed by atoms with Crippen LogP contribution in [-0.2, 0) is 25.5 Å². The lowest BCUT2D eigenvalue weighted by molar-refractivity contribution is -0.160. The molecule has 2 fully saturated rings. The van der Waals surface area contributed by atoms with Crippen molar-refractivity contribution in [2.75, 3.05) is 6.54 Å². The van der Waals surface area contributed by atoms with Gasteiger partial charge >= 0.3 is 5.97 Å². The third kappa shape index (κ3) is 5.56. The lowest BCUT2D eigenvalue weighted by Crippen LogP contribution is -2.54. The van der Waals surface area contributed by atoms with Crippen LogP contribution in [0.3, 0.4) is 0 Å². The average molecular weight is 402 g/mol. The summed E-state index contributed by atoms with van der Waals surface area (Å²) in [5.74, 6) is -1.06. The molecule has 0 spiro atoms. The van der Waals surface area contributed by atoms with E-state index in [-0.39, 0.29) is 24.7 Å². The molecule has 4 unspecified atom stereocenters. The van der Waals surface area contributed by atoms with Gasteiger partial charge in [0, 0.05) is 19.4 Å². The van der Waals surface area contributed by atoms with Crippen LogP contribution in [-0.4, -0.2) is 58.6 Å². The zero-order chi connectivity index (χ0) is 20.8. The first-order valence-corrected chi connectivity index (χ1v) is 10.5. The van der Waals surface area contributed by atoms with Gasteiger partial charge in [-0.15, -0.1) is 0 Å². The molecule has 7 heteroatoms. The number of carbonyl (C=O) groups is 3. The van der Waals surface area contributed by atoms with Crippen LogP contribution in [0.4, 0.5) is 0 Å². The highest BCUT2D eigenvalue weighted by molar-refractivity contribution is 5.91. The molecule has 0 radical (unpaired) electrons. The molecule has 2 saturated heterocycles. The second-order valence-corrected chi connectivity index (χ2v) is 7.94. The molecule has 0 aliphatic carbocycles. The summed E-state index contributed by atoms with van der Waals surface area (Å²) in [6, 6.07) is 8.03. The quantitative estimate of drug-likeness (QED) is 0.746. The lowest BCUT2D eigenvalue weighted by atomic mass is 10.0. The first-order chi connectivity index (χ1) is 14.0. The predicted molar refractivity (Wildman–Crippen MR) is 107 cm³/mol. The molecule has 3 rings (SSSR count). The third-order valence-corrected chi connectivity index (χ3v) is 5.57. The van der Waals surface area contributed by atoms with Gasteiger partial charge < -0.3 is 20.1 Å². The number of esters is 1. The van der Waals surface area contributed by atoms with Gasteiger partial charge in [0.1, 0.15) is 18.2 Å². The van der Waals surface area contributed by atoms with Crippen molar-refractivity contribution in [3.05, 3.63) is 35.9 Å². The summed E-state index contributed by atoms with van der Waals surface area (Å²) < 4.78 is 5.66. The largest absolute Gasteiger partial charge is 0.461 e. The van der Waals surface area contributed by atoms with Crippen molar-refractivity contribution in [2.45, 2.75) is 76.2 Å². The van der Waals surface area contributed by atoms with E-state index >= 15 is 0 Å². The van der Waals surface area contributed by atoms with E-state index in [0.29, 0.717) is 25.8 Å². The maximum atomic E-state index is 13.3. The van der Waals surface area contributed by atoms with E-state index in [2.05, 4.69) is 5.32 Å². The Hall–Kier alpha value is -2.41. The van der Waals surface area contributed by atoms with Crippen molar-refractivity contribution < 1.29 is 24.2 Å². The molecule has 2 amide bonds. The summed E-state index contributed by atoms with van der Waals surface area (Å²) in [7, 11) is 0. The van der Waals surface area contributed by atoms with Crippen LogP contribution in [0.5, 0.6) is 0 Å². The van der Waals surface area contributed by atoms with E-state index in [9.17, 15) is 19.5 Å². The number of benzene rings is 1. The molecule has 4 atom stereocenters. The minimum Gasteiger partial charge on any atom is -0.461 e. The number of carbonyl (C=O) groups excluding carboxylic acids is 3. The Bertz CT molecular complexity index is 723. The predicted octanol–water partition coefficient (Wildman–Crippen LogP) is 1.57. The summed E-state index contributed by atoms with van der Waals surface area (Å²) in [5, 5.41) is 13.1. The molecular weight excluding hydrogens is 372 g/mol. The normalized spacial score (nSPS) is 28.8. The molecule has 2 heterocycles. The Morgan fingerprint density at radius 2 is 1.97 bits per heavy atom. The monoisotopic (exact) mass is 402 g/mol. The van der Waals surface area contributed by atoms with E-state index in [1.165, 1.54) is 0 Å². The third-order valence-electron chi connectivity index (χ3n) is 5.57. The fourth-order valence-electron chi connectivity index (χ4n) is 4.17. The highest BCUT2D eigenvalue weighted by Crippen LogP contribution is 2.23. The SMILES string of the molecule is CCCC1CC(O)CC(=O)NC(Cc2ccccc2)C(=O)N2CCCC2C(=O)O1. The van der Waals surface area contributed by atoms with E-state index in [0.717, 1.165) is 18.4 Å². The molecular formula is C22H30N2O5. The van der Waals surface area contributed by atoms with Gasteiger partial charge in [0.05, 0.1) is 12.5 Å². The number of hydrogen-bond donors (Lipinski definition) is 2. The number of ether oxygens (including phenoxy) is 1. The number of aliphatic hydroxyl groups is 1. The fourth-order valence-corrected chi connectivity index (χ4v) is 4.17. The van der Waals surface area contributed by atoms with E-state index in [1.807, 2.05) is 37.3 Å². The number of amides is 2. The standard InChI is InChI=1S/C22H30N2O5/c1-2-7-17-13-16(25)14-20(26)23-18(12-15-8-4-3-5-9-15)21(27)24-11-6-10-19(24)22(28)29-17/h3-5,8-9,16-19,25H,2,6-7,10-14H2,1H3,(H,23,26). The number of fused-ring (bicyclic) bond motifs is 1. The maximum absolute atomic E-state index is 13.3. The van der Waals surface area contributed by atoms with Crippen LogP contribution in [0.1, 0.15) is 51.0 Å².